The normalized spacial score (nSPS) is 11.2. The van der Waals surface area contributed by atoms with Gasteiger partial charge in [0.05, 0.1) is 9.79 Å². The fraction of sp³-hybridized carbons (Fsp3) is 0.286. The van der Waals surface area contributed by atoms with E-state index in [1.54, 1.807) is 12.1 Å². The van der Waals surface area contributed by atoms with Gasteiger partial charge < -0.3 is 0 Å². The molecule has 252 valence electrons. The van der Waals surface area contributed by atoms with Gasteiger partial charge in [-0.3, -0.25) is 4.55 Å². The van der Waals surface area contributed by atoms with E-state index in [0.29, 0.717) is 0 Å². The topological polar surface area (TPSA) is 54.4 Å². The van der Waals surface area contributed by atoms with Crippen molar-refractivity contribution in [3.63, 3.8) is 0 Å². The molecule has 0 aliphatic rings. The van der Waals surface area contributed by atoms with Crippen LogP contribution in [-0.2, 0) is 27.4 Å². The quantitative estimate of drug-likeness (QED) is 0.0597. The van der Waals surface area contributed by atoms with Gasteiger partial charge in [0.15, 0.2) is 14.7 Å². The average Bonchev–Trinajstić information content (AvgIpc) is 3.11. The first-order chi connectivity index (χ1) is 23.5. The van der Waals surface area contributed by atoms with Gasteiger partial charge in [-0.05, 0) is 79.1 Å². The lowest BCUT2D eigenvalue weighted by Crippen LogP contribution is -2.05. The first-order valence-corrected chi connectivity index (χ1v) is 20.7. The average molecular weight is 698 g/mol. The van der Waals surface area contributed by atoms with E-state index in [1.807, 2.05) is 11.8 Å². The van der Waals surface area contributed by atoms with Crippen LogP contribution in [0.4, 0.5) is 0 Å². The number of aryl methyl sites for hydroxylation is 1. The molecule has 6 heteroatoms. The van der Waals surface area contributed by atoms with E-state index in [4.69, 9.17) is 4.55 Å². The van der Waals surface area contributed by atoms with E-state index in [0.717, 1.165) is 18.4 Å². The third-order valence-corrected chi connectivity index (χ3v) is 12.4. The number of hydrogen-bond acceptors (Lipinski definition) is 3. The highest BCUT2D eigenvalue weighted by atomic mass is 32.2. The summed E-state index contributed by atoms with van der Waals surface area (Å²) in [5.41, 5.74) is 1.13. The molecule has 0 bridgehead atoms. The Labute approximate surface area is 296 Å². The monoisotopic (exact) mass is 697 g/mol. The lowest BCUT2D eigenvalue weighted by molar-refractivity contribution is 0.483. The number of unbranched alkanes of at least 4 members (excludes halogenated alkanes) is 9. The summed E-state index contributed by atoms with van der Waals surface area (Å²) < 4.78 is 30.8. The van der Waals surface area contributed by atoms with Crippen molar-refractivity contribution in [2.75, 3.05) is 0 Å². The van der Waals surface area contributed by atoms with Gasteiger partial charge in [0.2, 0.25) is 0 Å². The van der Waals surface area contributed by atoms with Gasteiger partial charge in [-0.1, -0.05) is 155 Å². The molecule has 5 aromatic carbocycles. The predicted molar refractivity (Wildman–Crippen MR) is 204 cm³/mol. The molecule has 5 aromatic rings. The van der Waals surface area contributed by atoms with Crippen LogP contribution in [0.3, 0.4) is 0 Å². The molecular weight excluding hydrogens is 649 g/mol. The molecule has 1 N–H and O–H groups in total. The largest absolute Gasteiger partial charge is 0.294 e. The van der Waals surface area contributed by atoms with Crippen LogP contribution in [0, 0.1) is 0 Å². The van der Waals surface area contributed by atoms with Gasteiger partial charge in [0.1, 0.15) is 10.9 Å². The summed E-state index contributed by atoms with van der Waals surface area (Å²) in [5, 5.41) is 0. The fourth-order valence-electron chi connectivity index (χ4n) is 5.47. The van der Waals surface area contributed by atoms with Crippen LogP contribution in [0.25, 0.3) is 0 Å². The van der Waals surface area contributed by atoms with Crippen molar-refractivity contribution in [1.82, 2.24) is 0 Å². The Morgan fingerprint density at radius 2 is 1.00 bits per heavy atom. The molecule has 0 unspecified atom stereocenters. The summed E-state index contributed by atoms with van der Waals surface area (Å²) in [6.07, 6.45) is 14.1. The lowest BCUT2D eigenvalue weighted by atomic mass is 10.0. The van der Waals surface area contributed by atoms with Crippen molar-refractivity contribution in [3.05, 3.63) is 145 Å². The second-order valence-electron chi connectivity index (χ2n) is 11.8. The molecule has 0 spiro atoms. The second-order valence-corrected chi connectivity index (χ2v) is 16.4. The van der Waals surface area contributed by atoms with Crippen LogP contribution in [0.2, 0.25) is 0 Å². The van der Waals surface area contributed by atoms with Crippen molar-refractivity contribution in [3.8, 4) is 0 Å². The highest BCUT2D eigenvalue weighted by Gasteiger charge is 2.31. The molecule has 0 aliphatic carbocycles. The zero-order valence-electron chi connectivity index (χ0n) is 28.0. The van der Waals surface area contributed by atoms with Crippen LogP contribution in [-0.4, -0.2) is 13.0 Å². The Hall–Kier alpha value is -3.29. The fourth-order valence-corrected chi connectivity index (χ4v) is 9.31. The van der Waals surface area contributed by atoms with Gasteiger partial charge in [0, 0.05) is 4.90 Å². The summed E-state index contributed by atoms with van der Waals surface area (Å²) in [4.78, 5) is 6.62. The van der Waals surface area contributed by atoms with E-state index in [1.165, 1.54) is 94.4 Å². The molecular formula is C42H49O3S3+. The third kappa shape index (κ3) is 13.0. The summed E-state index contributed by atoms with van der Waals surface area (Å²) in [6.45, 7) is 2.25. The molecule has 0 saturated heterocycles. The number of benzene rings is 5. The Kier molecular flexibility index (Phi) is 16.4. The number of hydrogen-bond donors (Lipinski definition) is 1. The molecule has 0 atom stereocenters. The van der Waals surface area contributed by atoms with E-state index in [9.17, 15) is 8.42 Å². The van der Waals surface area contributed by atoms with E-state index >= 15 is 0 Å². The first-order valence-electron chi connectivity index (χ1n) is 17.2. The van der Waals surface area contributed by atoms with Gasteiger partial charge in [0.25, 0.3) is 10.1 Å². The molecule has 0 amide bonds. The van der Waals surface area contributed by atoms with Crippen LogP contribution in [0.15, 0.2) is 169 Å². The van der Waals surface area contributed by atoms with Crippen LogP contribution in [0.5, 0.6) is 0 Å². The van der Waals surface area contributed by atoms with Gasteiger partial charge >= 0.3 is 0 Å². The van der Waals surface area contributed by atoms with Crippen LogP contribution < -0.4 is 0 Å². The molecule has 0 radical (unpaired) electrons. The summed E-state index contributed by atoms with van der Waals surface area (Å²) >= 11 is 1.84. The maximum Gasteiger partial charge on any atom is 0.294 e. The third-order valence-electron chi connectivity index (χ3n) is 8.04. The molecule has 48 heavy (non-hydrogen) atoms. The standard InChI is InChI=1S/C24H19S2.C18H30O3S/c1-4-12-20(13-5-1)25-23-18-10-11-19-24(23)26(21-14-6-2-7-15-21)22-16-8-3-9-17-22;1-2-3-4-5-6-7-8-9-10-11-12-17-13-15-18(16-14-17)22(19,20)21/h1-19H;13-16H,2-12H2,1H3,(H,19,20,21)/q+1;. The zero-order valence-corrected chi connectivity index (χ0v) is 30.5. The van der Waals surface area contributed by atoms with E-state index < -0.39 is 10.1 Å². The van der Waals surface area contributed by atoms with E-state index in [-0.39, 0.29) is 15.8 Å². The molecule has 0 aliphatic heterocycles. The summed E-state index contributed by atoms with van der Waals surface area (Å²) in [6, 6.07) is 47.5. The van der Waals surface area contributed by atoms with Crippen LogP contribution in [0.1, 0.15) is 76.7 Å². The lowest BCUT2D eigenvalue weighted by Gasteiger charge is -2.11. The molecule has 0 saturated carbocycles. The second kappa shape index (κ2) is 20.9. The SMILES string of the molecule is CCCCCCCCCCCCc1ccc(S(=O)(=O)O)cc1.c1ccc(Sc2ccccc2[S+](c2ccccc2)c2ccccc2)cc1. The summed E-state index contributed by atoms with van der Waals surface area (Å²) in [5.74, 6) is 0. The van der Waals surface area contributed by atoms with Crippen molar-refractivity contribution in [1.29, 1.82) is 0 Å². The Bertz CT molecular complexity index is 1650. The highest BCUT2D eigenvalue weighted by molar-refractivity contribution is 8.01. The minimum atomic E-state index is -4.06. The minimum absolute atomic E-state index is 0.0284. The van der Waals surface area contributed by atoms with Crippen molar-refractivity contribution < 1.29 is 13.0 Å². The molecule has 5 rings (SSSR count). The van der Waals surface area contributed by atoms with Gasteiger partial charge in [-0.2, -0.15) is 8.42 Å². The van der Waals surface area contributed by atoms with Gasteiger partial charge in [-0.25, -0.2) is 0 Å². The Balaban J connectivity index is 0.000000221. The first kappa shape index (κ1) is 37.5. The molecule has 0 fully saturated rings. The maximum atomic E-state index is 10.9. The smallest absolute Gasteiger partial charge is 0.282 e. The van der Waals surface area contributed by atoms with Gasteiger partial charge in [-0.15, -0.1) is 0 Å². The Morgan fingerprint density at radius 3 is 1.52 bits per heavy atom. The number of rotatable bonds is 17. The predicted octanol–water partition coefficient (Wildman–Crippen LogP) is 12.3. The van der Waals surface area contributed by atoms with Crippen molar-refractivity contribution >= 4 is 32.8 Å². The minimum Gasteiger partial charge on any atom is -0.282 e. The highest BCUT2D eigenvalue weighted by Crippen LogP contribution is 2.39. The van der Waals surface area contributed by atoms with E-state index in [2.05, 4.69) is 122 Å². The van der Waals surface area contributed by atoms with Crippen LogP contribution >= 0.6 is 11.8 Å². The van der Waals surface area contributed by atoms with Crippen molar-refractivity contribution in [2.24, 2.45) is 0 Å². The molecule has 3 nitrogen and oxygen atoms in total. The molecule has 0 aromatic heterocycles. The zero-order chi connectivity index (χ0) is 33.9. The Morgan fingerprint density at radius 1 is 0.542 bits per heavy atom. The maximum absolute atomic E-state index is 10.9. The molecule has 0 heterocycles. The summed E-state index contributed by atoms with van der Waals surface area (Å²) in [7, 11) is -4.18. The van der Waals surface area contributed by atoms with Crippen molar-refractivity contribution in [2.45, 2.75) is 107 Å².